The summed E-state index contributed by atoms with van der Waals surface area (Å²) in [5.74, 6) is 0.594. The number of ether oxygens (including phenoxy) is 1. The van der Waals surface area contributed by atoms with E-state index in [9.17, 15) is 0 Å². The van der Waals surface area contributed by atoms with Gasteiger partial charge in [0.2, 0.25) is 5.88 Å². The molecule has 0 saturated heterocycles. The Balaban J connectivity index is 2.04. The fourth-order valence-electron chi connectivity index (χ4n) is 1.86. The van der Waals surface area contributed by atoms with Crippen molar-refractivity contribution in [3.63, 3.8) is 0 Å². The average Bonchev–Trinajstić information content (AvgIpc) is 2.98. The van der Waals surface area contributed by atoms with E-state index in [-0.39, 0.29) is 0 Å². The van der Waals surface area contributed by atoms with Gasteiger partial charge in [-0.25, -0.2) is 9.67 Å². The van der Waals surface area contributed by atoms with E-state index >= 15 is 0 Å². The molecule has 0 aliphatic carbocycles. The highest BCUT2D eigenvalue weighted by atomic mass is 16.5. The second-order valence-electron chi connectivity index (χ2n) is 3.93. The molecule has 0 aliphatic heterocycles. The normalized spacial score (nSPS) is 10.4. The third-order valence-electron chi connectivity index (χ3n) is 2.77. The lowest BCUT2D eigenvalue weighted by Gasteiger charge is -2.07. The summed E-state index contributed by atoms with van der Waals surface area (Å²) in [6.07, 6.45) is 7.03. The van der Waals surface area contributed by atoms with E-state index in [1.165, 1.54) is 0 Å². The first-order valence-electron chi connectivity index (χ1n) is 5.83. The molecule has 3 aromatic rings. The van der Waals surface area contributed by atoms with Gasteiger partial charge in [-0.3, -0.25) is 4.98 Å². The molecule has 0 spiro atoms. The van der Waals surface area contributed by atoms with Gasteiger partial charge in [0.05, 0.1) is 30.9 Å². The molecule has 0 amide bonds. The zero-order valence-corrected chi connectivity index (χ0v) is 10.4. The Hall–Kier alpha value is -2.69. The summed E-state index contributed by atoms with van der Waals surface area (Å²) < 4.78 is 6.89. The number of hydrogen-bond acceptors (Lipinski definition) is 4. The SMILES string of the molecule is COc1ccc(-c2ccnn2-c2cccnc2)cn1. The van der Waals surface area contributed by atoms with Gasteiger partial charge in [0.25, 0.3) is 0 Å². The molecular weight excluding hydrogens is 240 g/mol. The second-order valence-corrected chi connectivity index (χ2v) is 3.93. The standard InChI is InChI=1S/C14H12N4O/c1-19-14-5-4-11(9-16-14)13-6-8-17-18(13)12-3-2-7-15-10-12/h2-10H,1H3. The Bertz CT molecular complexity index is 661. The molecule has 0 fully saturated rings. The monoisotopic (exact) mass is 252 g/mol. The molecule has 5 heteroatoms. The van der Waals surface area contributed by atoms with Crippen molar-refractivity contribution in [3.8, 4) is 22.8 Å². The summed E-state index contributed by atoms with van der Waals surface area (Å²) >= 11 is 0. The van der Waals surface area contributed by atoms with Crippen LogP contribution in [0.4, 0.5) is 0 Å². The fraction of sp³-hybridized carbons (Fsp3) is 0.0714. The van der Waals surface area contributed by atoms with Crippen LogP contribution in [0.15, 0.2) is 55.1 Å². The van der Waals surface area contributed by atoms with E-state index < -0.39 is 0 Å². The van der Waals surface area contributed by atoms with Crippen LogP contribution in [0.5, 0.6) is 5.88 Å². The van der Waals surface area contributed by atoms with Crippen molar-refractivity contribution < 1.29 is 4.74 Å². The summed E-state index contributed by atoms with van der Waals surface area (Å²) in [5.41, 5.74) is 2.85. The largest absolute Gasteiger partial charge is 0.481 e. The number of rotatable bonds is 3. The van der Waals surface area contributed by atoms with Gasteiger partial charge in [-0.1, -0.05) is 0 Å². The summed E-state index contributed by atoms with van der Waals surface area (Å²) in [4.78, 5) is 8.32. The highest BCUT2D eigenvalue weighted by Crippen LogP contribution is 2.22. The maximum absolute atomic E-state index is 5.06. The molecule has 3 aromatic heterocycles. The summed E-state index contributed by atoms with van der Waals surface area (Å²) in [5, 5.41) is 4.32. The predicted octanol–water partition coefficient (Wildman–Crippen LogP) is 2.34. The number of aromatic nitrogens is 4. The van der Waals surface area contributed by atoms with Gasteiger partial charge in [0.15, 0.2) is 0 Å². The van der Waals surface area contributed by atoms with Crippen LogP contribution < -0.4 is 4.74 Å². The number of nitrogens with zero attached hydrogens (tertiary/aromatic N) is 4. The Kier molecular flexibility index (Phi) is 2.94. The van der Waals surface area contributed by atoms with Crippen LogP contribution in [0.1, 0.15) is 0 Å². The lowest BCUT2D eigenvalue weighted by molar-refractivity contribution is 0.398. The van der Waals surface area contributed by atoms with Crippen LogP contribution in [0.25, 0.3) is 16.9 Å². The zero-order chi connectivity index (χ0) is 13.1. The zero-order valence-electron chi connectivity index (χ0n) is 10.4. The molecule has 3 rings (SSSR count). The van der Waals surface area contributed by atoms with E-state index in [4.69, 9.17) is 4.74 Å². The first-order chi connectivity index (χ1) is 9.38. The van der Waals surface area contributed by atoms with Gasteiger partial charge in [-0.15, -0.1) is 0 Å². The van der Waals surface area contributed by atoms with Crippen LogP contribution in [0, 0.1) is 0 Å². The molecule has 0 radical (unpaired) electrons. The minimum absolute atomic E-state index is 0.594. The van der Waals surface area contributed by atoms with E-state index in [0.717, 1.165) is 16.9 Å². The van der Waals surface area contributed by atoms with E-state index in [1.807, 2.05) is 35.0 Å². The van der Waals surface area contributed by atoms with Crippen molar-refractivity contribution in [1.29, 1.82) is 0 Å². The quantitative estimate of drug-likeness (QED) is 0.718. The van der Waals surface area contributed by atoms with Gasteiger partial charge < -0.3 is 4.74 Å². The molecule has 0 aliphatic rings. The molecule has 0 saturated carbocycles. The first kappa shape index (κ1) is 11.4. The van der Waals surface area contributed by atoms with Crippen molar-refractivity contribution in [3.05, 3.63) is 55.1 Å². The highest BCUT2D eigenvalue weighted by Gasteiger charge is 2.07. The summed E-state index contributed by atoms with van der Waals surface area (Å²) in [6, 6.07) is 9.57. The molecule has 5 nitrogen and oxygen atoms in total. The van der Waals surface area contributed by atoms with Crippen LogP contribution in [0.2, 0.25) is 0 Å². The lowest BCUT2D eigenvalue weighted by atomic mass is 10.2. The van der Waals surface area contributed by atoms with Gasteiger partial charge in [-0.2, -0.15) is 5.10 Å². The molecule has 0 aromatic carbocycles. The molecule has 0 atom stereocenters. The topological polar surface area (TPSA) is 52.8 Å². The predicted molar refractivity (Wildman–Crippen MR) is 71.1 cm³/mol. The fourth-order valence-corrected chi connectivity index (χ4v) is 1.86. The lowest BCUT2D eigenvalue weighted by Crippen LogP contribution is -1.99. The van der Waals surface area contributed by atoms with Crippen molar-refractivity contribution in [1.82, 2.24) is 19.7 Å². The number of hydrogen-bond donors (Lipinski definition) is 0. The minimum atomic E-state index is 0.594. The summed E-state index contributed by atoms with van der Waals surface area (Å²) in [7, 11) is 1.60. The first-order valence-corrected chi connectivity index (χ1v) is 5.83. The van der Waals surface area contributed by atoms with Gasteiger partial charge in [0.1, 0.15) is 0 Å². The molecule has 3 heterocycles. The van der Waals surface area contributed by atoms with Crippen LogP contribution >= 0.6 is 0 Å². The Labute approximate surface area is 110 Å². The van der Waals surface area contributed by atoms with Crippen LogP contribution in [-0.2, 0) is 0 Å². The molecule has 0 unspecified atom stereocenters. The van der Waals surface area contributed by atoms with Crippen molar-refractivity contribution in [2.45, 2.75) is 0 Å². The Morgan fingerprint density at radius 3 is 2.68 bits per heavy atom. The maximum atomic E-state index is 5.06. The number of methoxy groups -OCH3 is 1. The average molecular weight is 252 g/mol. The van der Waals surface area contributed by atoms with Gasteiger partial charge in [-0.05, 0) is 24.3 Å². The molecular formula is C14H12N4O. The van der Waals surface area contributed by atoms with E-state index in [1.54, 1.807) is 31.9 Å². The van der Waals surface area contributed by atoms with Gasteiger partial charge >= 0.3 is 0 Å². The van der Waals surface area contributed by atoms with E-state index in [0.29, 0.717) is 5.88 Å². The Morgan fingerprint density at radius 2 is 2.00 bits per heavy atom. The Morgan fingerprint density at radius 1 is 1.05 bits per heavy atom. The van der Waals surface area contributed by atoms with E-state index in [2.05, 4.69) is 15.1 Å². The minimum Gasteiger partial charge on any atom is -0.481 e. The third-order valence-corrected chi connectivity index (χ3v) is 2.77. The van der Waals surface area contributed by atoms with Crippen molar-refractivity contribution in [2.24, 2.45) is 0 Å². The van der Waals surface area contributed by atoms with Gasteiger partial charge in [0, 0.05) is 24.0 Å². The second kappa shape index (κ2) is 4.89. The third kappa shape index (κ3) is 2.18. The molecule has 0 bridgehead atoms. The van der Waals surface area contributed by atoms with Crippen LogP contribution in [0.3, 0.4) is 0 Å². The number of pyridine rings is 2. The van der Waals surface area contributed by atoms with Crippen LogP contribution in [-0.4, -0.2) is 26.9 Å². The molecule has 94 valence electrons. The maximum Gasteiger partial charge on any atom is 0.212 e. The molecule has 0 N–H and O–H groups in total. The highest BCUT2D eigenvalue weighted by molar-refractivity contribution is 5.60. The van der Waals surface area contributed by atoms with Crippen molar-refractivity contribution in [2.75, 3.05) is 7.11 Å². The van der Waals surface area contributed by atoms with Crippen molar-refractivity contribution >= 4 is 0 Å². The molecule has 19 heavy (non-hydrogen) atoms. The smallest absolute Gasteiger partial charge is 0.212 e. The summed E-state index contributed by atoms with van der Waals surface area (Å²) in [6.45, 7) is 0.